The summed E-state index contributed by atoms with van der Waals surface area (Å²) in [6.07, 6.45) is 0. The Kier molecular flexibility index (Phi) is 3.43. The number of aryl methyl sites for hydroxylation is 1. The second-order valence-corrected chi connectivity index (χ2v) is 5.02. The molecule has 1 aromatic carbocycles. The Morgan fingerprint density at radius 1 is 1.26 bits per heavy atom. The number of rotatable bonds is 2. The summed E-state index contributed by atoms with van der Waals surface area (Å²) in [6.45, 7) is 3.31. The highest BCUT2D eigenvalue weighted by molar-refractivity contribution is 5.66. The van der Waals surface area contributed by atoms with E-state index in [-0.39, 0.29) is 23.0 Å². The molecule has 2 aromatic heterocycles. The summed E-state index contributed by atoms with van der Waals surface area (Å²) in [5.74, 6) is 0.187. The van der Waals surface area contributed by atoms with Crippen molar-refractivity contribution in [3.8, 4) is 29.0 Å². The lowest BCUT2D eigenvalue weighted by Crippen LogP contribution is -2.19. The summed E-state index contributed by atoms with van der Waals surface area (Å²) < 4.78 is 1.35. The average Bonchev–Trinajstić information content (AvgIpc) is 2.82. The molecule has 0 saturated heterocycles. The summed E-state index contributed by atoms with van der Waals surface area (Å²) in [5, 5.41) is 23.3. The monoisotopic (exact) mass is 307 g/mol. The maximum absolute atomic E-state index is 12.2. The molecule has 0 aliphatic carbocycles. The van der Waals surface area contributed by atoms with Crippen LogP contribution in [0.25, 0.3) is 17.2 Å². The Morgan fingerprint density at radius 2 is 1.96 bits per heavy atom. The Labute approximate surface area is 131 Å². The average molecular weight is 307 g/mol. The molecule has 7 nitrogen and oxygen atoms in total. The molecule has 114 valence electrons. The van der Waals surface area contributed by atoms with Gasteiger partial charge in [-0.3, -0.25) is 9.78 Å². The molecule has 0 saturated carbocycles. The first-order valence-electron chi connectivity index (χ1n) is 6.88. The topological polar surface area (TPSA) is 108 Å². The van der Waals surface area contributed by atoms with Crippen LogP contribution in [0.2, 0.25) is 0 Å². The van der Waals surface area contributed by atoms with Gasteiger partial charge < -0.3 is 5.11 Å². The van der Waals surface area contributed by atoms with Crippen molar-refractivity contribution < 1.29 is 5.11 Å². The molecule has 0 aliphatic rings. The van der Waals surface area contributed by atoms with Crippen LogP contribution in [0.3, 0.4) is 0 Å². The van der Waals surface area contributed by atoms with Gasteiger partial charge >= 0.3 is 0 Å². The molecule has 0 amide bonds. The van der Waals surface area contributed by atoms with Gasteiger partial charge in [-0.05, 0) is 13.8 Å². The van der Waals surface area contributed by atoms with E-state index in [2.05, 4.69) is 15.1 Å². The molecule has 2 N–H and O–H groups in total. The minimum absolute atomic E-state index is 0.0401. The van der Waals surface area contributed by atoms with Crippen molar-refractivity contribution in [3.63, 3.8) is 0 Å². The summed E-state index contributed by atoms with van der Waals surface area (Å²) in [6, 6.07) is 10.9. The van der Waals surface area contributed by atoms with Gasteiger partial charge in [-0.1, -0.05) is 30.3 Å². The van der Waals surface area contributed by atoms with E-state index in [0.29, 0.717) is 17.0 Å². The number of nitrogens with one attached hydrogen (secondary N) is 1. The minimum atomic E-state index is -0.552. The van der Waals surface area contributed by atoms with Gasteiger partial charge in [0.25, 0.3) is 5.56 Å². The molecular formula is C16H13N5O2. The molecule has 0 atom stereocenters. The van der Waals surface area contributed by atoms with Crippen molar-refractivity contribution in [1.82, 2.24) is 19.7 Å². The normalized spacial score (nSPS) is 10.5. The maximum atomic E-state index is 12.2. The first-order chi connectivity index (χ1) is 11.0. The van der Waals surface area contributed by atoms with Crippen LogP contribution in [0.1, 0.15) is 17.0 Å². The van der Waals surface area contributed by atoms with Crippen LogP contribution in [0.4, 0.5) is 0 Å². The molecule has 0 fully saturated rings. The van der Waals surface area contributed by atoms with Gasteiger partial charge in [0.2, 0.25) is 5.95 Å². The minimum Gasteiger partial charge on any atom is -0.504 e. The number of H-pyrrole nitrogens is 1. The van der Waals surface area contributed by atoms with Crippen LogP contribution in [-0.2, 0) is 0 Å². The largest absolute Gasteiger partial charge is 0.504 e. The number of hydrogen-bond donors (Lipinski definition) is 2. The van der Waals surface area contributed by atoms with E-state index >= 15 is 0 Å². The molecule has 0 bridgehead atoms. The number of aromatic hydroxyl groups is 1. The fourth-order valence-electron chi connectivity index (χ4n) is 2.31. The fourth-order valence-corrected chi connectivity index (χ4v) is 2.31. The van der Waals surface area contributed by atoms with Gasteiger partial charge in [0.05, 0.1) is 11.4 Å². The molecule has 3 rings (SSSR count). The lowest BCUT2D eigenvalue weighted by molar-refractivity contribution is 0.466. The number of benzene rings is 1. The number of aromatic amines is 1. The van der Waals surface area contributed by atoms with Gasteiger partial charge in [0, 0.05) is 5.56 Å². The van der Waals surface area contributed by atoms with E-state index in [0.717, 1.165) is 0 Å². The summed E-state index contributed by atoms with van der Waals surface area (Å²) in [4.78, 5) is 19.1. The van der Waals surface area contributed by atoms with Gasteiger partial charge in [0.15, 0.2) is 5.75 Å². The van der Waals surface area contributed by atoms with Crippen molar-refractivity contribution in [1.29, 1.82) is 5.26 Å². The Bertz CT molecular complexity index is 980. The molecule has 3 aromatic rings. The third-order valence-electron chi connectivity index (χ3n) is 3.52. The second-order valence-electron chi connectivity index (χ2n) is 5.02. The summed E-state index contributed by atoms with van der Waals surface area (Å²) in [5.41, 5.74) is 1.19. The van der Waals surface area contributed by atoms with E-state index in [9.17, 15) is 15.2 Å². The number of nitriles is 1. The predicted octanol–water partition coefficient (Wildman–Crippen LogP) is 1.82. The number of nitrogens with zero attached hydrogens (tertiary/aromatic N) is 4. The fraction of sp³-hybridized carbons (Fsp3) is 0.125. The number of aromatic nitrogens is 4. The van der Waals surface area contributed by atoms with Gasteiger partial charge in [-0.2, -0.15) is 10.4 Å². The van der Waals surface area contributed by atoms with Crippen molar-refractivity contribution in [3.05, 3.63) is 57.6 Å². The molecular weight excluding hydrogens is 294 g/mol. The molecule has 7 heteroatoms. The second kappa shape index (κ2) is 5.42. The van der Waals surface area contributed by atoms with E-state index in [1.54, 1.807) is 38.1 Å². The van der Waals surface area contributed by atoms with Crippen LogP contribution in [-0.4, -0.2) is 24.9 Å². The van der Waals surface area contributed by atoms with Crippen LogP contribution < -0.4 is 5.56 Å². The lowest BCUT2D eigenvalue weighted by Gasteiger charge is -2.07. The zero-order valence-electron chi connectivity index (χ0n) is 12.5. The molecule has 2 heterocycles. The molecule has 0 radical (unpaired) electrons. The molecule has 0 unspecified atom stereocenters. The van der Waals surface area contributed by atoms with Crippen molar-refractivity contribution in [2.45, 2.75) is 13.8 Å². The van der Waals surface area contributed by atoms with Gasteiger partial charge in [-0.15, -0.1) is 0 Å². The third-order valence-corrected chi connectivity index (χ3v) is 3.52. The van der Waals surface area contributed by atoms with Crippen LogP contribution >= 0.6 is 0 Å². The van der Waals surface area contributed by atoms with E-state index in [1.165, 1.54) is 4.68 Å². The Hall–Kier alpha value is -3.40. The maximum Gasteiger partial charge on any atom is 0.270 e. The van der Waals surface area contributed by atoms with Crippen molar-refractivity contribution in [2.24, 2.45) is 0 Å². The van der Waals surface area contributed by atoms with E-state index < -0.39 is 5.56 Å². The lowest BCUT2D eigenvalue weighted by atomic mass is 10.1. The van der Waals surface area contributed by atoms with Crippen molar-refractivity contribution in [2.75, 3.05) is 0 Å². The molecule has 23 heavy (non-hydrogen) atoms. The first-order valence-corrected chi connectivity index (χ1v) is 6.88. The molecule has 0 aliphatic heterocycles. The summed E-state index contributed by atoms with van der Waals surface area (Å²) >= 11 is 0. The standard InChI is InChI=1S/C16H13N5O2/c1-9-14(22)10(2)21(20-9)16-18-13(11-6-4-3-5-7-11)12(8-17)15(23)19-16/h3-7,22H,1-2H3,(H,18,19,23). The predicted molar refractivity (Wildman–Crippen MR) is 83.3 cm³/mol. The molecule has 0 spiro atoms. The third kappa shape index (κ3) is 2.36. The van der Waals surface area contributed by atoms with Crippen molar-refractivity contribution >= 4 is 0 Å². The van der Waals surface area contributed by atoms with Crippen LogP contribution in [0, 0.1) is 25.2 Å². The summed E-state index contributed by atoms with van der Waals surface area (Å²) in [7, 11) is 0. The quantitative estimate of drug-likeness (QED) is 0.750. The SMILES string of the molecule is Cc1nn(-c2nc(-c3ccccc3)c(C#N)c(=O)[nH]2)c(C)c1O. The zero-order chi connectivity index (χ0) is 16.6. The highest BCUT2D eigenvalue weighted by Crippen LogP contribution is 2.23. The Balaban J connectivity index is 2.30. The Morgan fingerprint density at radius 3 is 2.52 bits per heavy atom. The van der Waals surface area contributed by atoms with Crippen LogP contribution in [0.15, 0.2) is 35.1 Å². The highest BCUT2D eigenvalue weighted by atomic mass is 16.3. The first kappa shape index (κ1) is 14.5. The van der Waals surface area contributed by atoms with E-state index in [4.69, 9.17) is 0 Å². The zero-order valence-corrected chi connectivity index (χ0v) is 12.5. The smallest absolute Gasteiger partial charge is 0.270 e. The van der Waals surface area contributed by atoms with E-state index in [1.807, 2.05) is 12.1 Å². The van der Waals surface area contributed by atoms with Gasteiger partial charge in [0.1, 0.15) is 17.3 Å². The number of hydrogen-bond acceptors (Lipinski definition) is 5. The highest BCUT2D eigenvalue weighted by Gasteiger charge is 2.17. The van der Waals surface area contributed by atoms with Crippen LogP contribution in [0.5, 0.6) is 5.75 Å². The van der Waals surface area contributed by atoms with Gasteiger partial charge in [-0.25, -0.2) is 9.67 Å².